The maximum atomic E-state index is 10.5. The fourth-order valence-electron chi connectivity index (χ4n) is 0.649. The lowest BCUT2D eigenvalue weighted by Gasteiger charge is -2.19. The molecule has 1 atom stereocenters. The van der Waals surface area contributed by atoms with Crippen LogP contribution in [-0.2, 0) is 4.79 Å². The summed E-state index contributed by atoms with van der Waals surface area (Å²) in [6.45, 7) is -0.532. The highest BCUT2D eigenvalue weighted by molar-refractivity contribution is 9.11. The van der Waals surface area contributed by atoms with E-state index in [1.165, 1.54) is 6.08 Å². The van der Waals surface area contributed by atoms with E-state index in [9.17, 15) is 9.90 Å². The van der Waals surface area contributed by atoms with Gasteiger partial charge < -0.3 is 15.5 Å². The van der Waals surface area contributed by atoms with E-state index in [0.29, 0.717) is 0 Å². The van der Waals surface area contributed by atoms with E-state index in [1.54, 1.807) is 0 Å². The van der Waals surface area contributed by atoms with E-state index in [-0.39, 0.29) is 4.48 Å². The van der Waals surface area contributed by atoms with Crippen molar-refractivity contribution in [2.24, 2.45) is 0 Å². The van der Waals surface area contributed by atoms with Crippen LogP contribution in [-0.4, -0.2) is 28.5 Å². The molecule has 1 unspecified atom stereocenters. The van der Waals surface area contributed by atoms with Crippen molar-refractivity contribution in [2.75, 3.05) is 6.61 Å². The van der Waals surface area contributed by atoms with E-state index in [4.69, 9.17) is 5.11 Å². The molecule has 0 fully saturated rings. The number of hydrogen-bond donors (Lipinski definition) is 3. The van der Waals surface area contributed by atoms with Crippen molar-refractivity contribution < 1.29 is 15.0 Å². The Balaban J connectivity index is 2.86. The molecule has 1 heterocycles. The van der Waals surface area contributed by atoms with Crippen LogP contribution in [0.2, 0.25) is 0 Å². The van der Waals surface area contributed by atoms with Crippen molar-refractivity contribution in [1.82, 2.24) is 5.32 Å². The summed E-state index contributed by atoms with van der Waals surface area (Å²) in [5.41, 5.74) is -1.60. The largest absolute Gasteiger partial charge is 0.391 e. The van der Waals surface area contributed by atoms with Crippen LogP contribution < -0.4 is 5.32 Å². The number of carbonyl (C=O) groups is 1. The van der Waals surface area contributed by atoms with Gasteiger partial charge in [-0.3, -0.25) is 4.79 Å². The smallest absolute Gasteiger partial charge is 0.247 e. The molecule has 0 aromatic carbocycles. The topological polar surface area (TPSA) is 69.6 Å². The molecule has 5 heteroatoms. The van der Waals surface area contributed by atoms with E-state index >= 15 is 0 Å². The summed E-state index contributed by atoms with van der Waals surface area (Å²) >= 11 is 2.93. The Kier molecular flexibility index (Phi) is 1.80. The Morgan fingerprint density at radius 1 is 1.80 bits per heavy atom. The van der Waals surface area contributed by atoms with Crippen molar-refractivity contribution in [3.05, 3.63) is 10.6 Å². The summed E-state index contributed by atoms with van der Waals surface area (Å²) in [5.74, 6) is -0.413. The molecule has 1 aliphatic heterocycles. The molecule has 0 aromatic heterocycles. The Labute approximate surface area is 65.7 Å². The highest BCUT2D eigenvalue weighted by Gasteiger charge is 2.36. The van der Waals surface area contributed by atoms with E-state index in [0.717, 1.165) is 0 Å². The van der Waals surface area contributed by atoms with Gasteiger partial charge in [0.05, 0.1) is 11.1 Å². The monoisotopic (exact) mass is 207 g/mol. The average molecular weight is 208 g/mol. The number of halogens is 1. The second kappa shape index (κ2) is 2.34. The van der Waals surface area contributed by atoms with Gasteiger partial charge in [-0.15, -0.1) is 0 Å². The van der Waals surface area contributed by atoms with Crippen LogP contribution in [0.5, 0.6) is 0 Å². The van der Waals surface area contributed by atoms with Crippen LogP contribution in [0.4, 0.5) is 0 Å². The normalized spacial score (nSPS) is 31.9. The maximum Gasteiger partial charge on any atom is 0.247 e. The molecular formula is C5H6BrNO3. The van der Waals surface area contributed by atoms with Crippen LogP contribution in [0.15, 0.2) is 10.6 Å². The lowest BCUT2D eigenvalue weighted by Crippen LogP contribution is -2.46. The lowest BCUT2D eigenvalue weighted by molar-refractivity contribution is -0.121. The third-order valence-corrected chi connectivity index (χ3v) is 2.10. The van der Waals surface area contributed by atoms with Crippen molar-refractivity contribution >= 4 is 21.8 Å². The van der Waals surface area contributed by atoms with Gasteiger partial charge >= 0.3 is 0 Å². The predicted molar refractivity (Wildman–Crippen MR) is 37.2 cm³/mol. The average Bonchev–Trinajstić information content (AvgIpc) is 2.09. The molecule has 1 aliphatic rings. The van der Waals surface area contributed by atoms with Crippen LogP contribution in [0.1, 0.15) is 0 Å². The van der Waals surface area contributed by atoms with Gasteiger partial charge in [0.15, 0.2) is 5.72 Å². The molecule has 0 aliphatic carbocycles. The van der Waals surface area contributed by atoms with Gasteiger partial charge in [-0.05, 0) is 0 Å². The lowest BCUT2D eigenvalue weighted by atomic mass is 10.3. The fraction of sp³-hybridized carbons (Fsp3) is 0.400. The van der Waals surface area contributed by atoms with E-state index in [2.05, 4.69) is 21.2 Å². The van der Waals surface area contributed by atoms with Crippen molar-refractivity contribution in [2.45, 2.75) is 5.72 Å². The minimum absolute atomic E-state index is 0.257. The minimum atomic E-state index is -1.60. The summed E-state index contributed by atoms with van der Waals surface area (Å²) in [5, 5.41) is 20.0. The Morgan fingerprint density at radius 3 is 2.60 bits per heavy atom. The summed E-state index contributed by atoms with van der Waals surface area (Å²) in [6.07, 6.45) is 1.18. The molecule has 0 bridgehead atoms. The summed E-state index contributed by atoms with van der Waals surface area (Å²) < 4.78 is 0.257. The SMILES string of the molecule is O=C1C=C(Br)C(O)(CO)N1. The molecule has 56 valence electrons. The molecule has 10 heavy (non-hydrogen) atoms. The van der Waals surface area contributed by atoms with Crippen LogP contribution in [0, 0.1) is 0 Å². The van der Waals surface area contributed by atoms with E-state index < -0.39 is 18.2 Å². The molecule has 0 radical (unpaired) electrons. The van der Waals surface area contributed by atoms with Crippen LogP contribution in [0.25, 0.3) is 0 Å². The van der Waals surface area contributed by atoms with Crippen molar-refractivity contribution in [3.8, 4) is 0 Å². The molecule has 0 spiro atoms. The van der Waals surface area contributed by atoms with Gasteiger partial charge in [0.25, 0.3) is 0 Å². The van der Waals surface area contributed by atoms with Gasteiger partial charge in [-0.25, -0.2) is 0 Å². The van der Waals surface area contributed by atoms with Crippen molar-refractivity contribution in [3.63, 3.8) is 0 Å². The summed E-state index contributed by atoms with van der Waals surface area (Å²) in [6, 6.07) is 0. The quantitative estimate of drug-likeness (QED) is 0.521. The highest BCUT2D eigenvalue weighted by Crippen LogP contribution is 2.23. The molecule has 3 N–H and O–H groups in total. The first-order valence-corrected chi connectivity index (χ1v) is 3.41. The third kappa shape index (κ3) is 1.07. The number of rotatable bonds is 1. The molecule has 0 aromatic rings. The summed E-state index contributed by atoms with van der Waals surface area (Å²) in [4.78, 5) is 10.5. The zero-order chi connectivity index (χ0) is 7.78. The molecule has 0 saturated carbocycles. The number of amides is 1. The van der Waals surface area contributed by atoms with Gasteiger partial charge in [-0.2, -0.15) is 0 Å². The maximum absolute atomic E-state index is 10.5. The highest BCUT2D eigenvalue weighted by atomic mass is 79.9. The second-order valence-electron chi connectivity index (χ2n) is 2.00. The first kappa shape index (κ1) is 7.71. The predicted octanol–water partition coefficient (Wildman–Crippen LogP) is -0.924. The van der Waals surface area contributed by atoms with Gasteiger partial charge in [-0.1, -0.05) is 15.9 Å². The fourth-order valence-corrected chi connectivity index (χ4v) is 1.08. The third-order valence-electron chi connectivity index (χ3n) is 1.21. The van der Waals surface area contributed by atoms with Gasteiger partial charge in [0.1, 0.15) is 0 Å². The van der Waals surface area contributed by atoms with Crippen LogP contribution in [0.3, 0.4) is 0 Å². The number of carbonyl (C=O) groups excluding carboxylic acids is 1. The number of aliphatic hydroxyl groups excluding tert-OH is 1. The number of nitrogens with one attached hydrogen (secondary N) is 1. The zero-order valence-electron chi connectivity index (χ0n) is 4.97. The molecule has 0 saturated heterocycles. The molecular weight excluding hydrogens is 202 g/mol. The first-order chi connectivity index (χ1) is 4.58. The second-order valence-corrected chi connectivity index (χ2v) is 2.85. The van der Waals surface area contributed by atoms with Gasteiger partial charge in [0, 0.05) is 6.08 Å². The Morgan fingerprint density at radius 2 is 2.40 bits per heavy atom. The van der Waals surface area contributed by atoms with E-state index in [1.807, 2.05) is 0 Å². The Bertz CT molecular complexity index is 203. The number of hydrogen-bond acceptors (Lipinski definition) is 3. The van der Waals surface area contributed by atoms with Gasteiger partial charge in [0.2, 0.25) is 5.91 Å². The first-order valence-electron chi connectivity index (χ1n) is 2.61. The zero-order valence-corrected chi connectivity index (χ0v) is 6.55. The standard InChI is InChI=1S/C5H6BrNO3/c6-3-1-4(9)7-5(3,10)2-8/h1,8,10H,2H2,(H,7,9). The molecule has 1 rings (SSSR count). The summed E-state index contributed by atoms with van der Waals surface area (Å²) in [7, 11) is 0. The molecule has 1 amide bonds. The minimum Gasteiger partial charge on any atom is -0.391 e. The Hall–Kier alpha value is -0.390. The number of aliphatic hydroxyl groups is 2. The van der Waals surface area contributed by atoms with Crippen LogP contribution >= 0.6 is 15.9 Å². The van der Waals surface area contributed by atoms with Crippen molar-refractivity contribution in [1.29, 1.82) is 0 Å². The molecule has 4 nitrogen and oxygen atoms in total.